The third-order valence-corrected chi connectivity index (χ3v) is 6.39. The minimum Gasteiger partial charge on any atom is -0.399 e. The van der Waals surface area contributed by atoms with E-state index in [9.17, 15) is 8.42 Å². The number of nitrogen functional groups attached to an aromatic ring is 1. The fourth-order valence-corrected chi connectivity index (χ4v) is 4.91. The minimum atomic E-state index is -3.45. The molecule has 0 amide bonds. The second-order valence-electron chi connectivity index (χ2n) is 6.26. The van der Waals surface area contributed by atoms with Crippen molar-refractivity contribution < 1.29 is 8.42 Å². The monoisotopic (exact) mass is 309 g/mol. The van der Waals surface area contributed by atoms with Crippen molar-refractivity contribution in [1.29, 1.82) is 0 Å². The van der Waals surface area contributed by atoms with Crippen LogP contribution in [-0.4, -0.2) is 38.5 Å². The summed E-state index contributed by atoms with van der Waals surface area (Å²) in [4.78, 5) is 2.72. The van der Waals surface area contributed by atoms with Gasteiger partial charge in [0, 0.05) is 23.8 Å². The lowest BCUT2D eigenvalue weighted by Crippen LogP contribution is -2.55. The number of hydrogen-bond donors (Lipinski definition) is 2. The Morgan fingerprint density at radius 2 is 1.71 bits per heavy atom. The summed E-state index contributed by atoms with van der Waals surface area (Å²) in [6.07, 6.45) is 5.42. The van der Waals surface area contributed by atoms with E-state index in [4.69, 9.17) is 5.73 Å². The first kappa shape index (κ1) is 14.8. The van der Waals surface area contributed by atoms with Crippen LogP contribution in [0, 0.1) is 0 Å². The van der Waals surface area contributed by atoms with Crippen LogP contribution in [-0.2, 0) is 10.0 Å². The van der Waals surface area contributed by atoms with Crippen molar-refractivity contribution in [3.05, 3.63) is 24.3 Å². The Morgan fingerprint density at radius 1 is 1.14 bits per heavy atom. The quantitative estimate of drug-likeness (QED) is 0.831. The molecule has 1 aromatic rings. The van der Waals surface area contributed by atoms with Crippen LogP contribution in [0.5, 0.6) is 0 Å². The van der Waals surface area contributed by atoms with Gasteiger partial charge < -0.3 is 10.6 Å². The van der Waals surface area contributed by atoms with E-state index in [2.05, 4.69) is 16.7 Å². The van der Waals surface area contributed by atoms with Gasteiger partial charge >= 0.3 is 0 Å². The summed E-state index contributed by atoms with van der Waals surface area (Å²) in [5.74, 6) is 0. The van der Waals surface area contributed by atoms with Crippen LogP contribution in [0.1, 0.15) is 32.1 Å². The predicted molar refractivity (Wildman–Crippen MR) is 83.4 cm³/mol. The molecule has 2 aliphatic heterocycles. The molecular weight excluding hydrogens is 286 g/mol. The lowest BCUT2D eigenvalue weighted by molar-refractivity contribution is 0.0536. The predicted octanol–water partition coefficient (Wildman–Crippen LogP) is 1.56. The molecule has 1 aromatic carbocycles. The van der Waals surface area contributed by atoms with E-state index in [1.54, 1.807) is 24.3 Å². The first-order chi connectivity index (χ1) is 9.95. The Kier molecular flexibility index (Phi) is 3.94. The minimum absolute atomic E-state index is 0.0408. The highest BCUT2D eigenvalue weighted by atomic mass is 32.2. The lowest BCUT2D eigenvalue weighted by atomic mass is 9.83. The number of nitrogens with zero attached hydrogens (tertiary/aromatic N) is 1. The van der Waals surface area contributed by atoms with Crippen LogP contribution in [0.25, 0.3) is 0 Å². The van der Waals surface area contributed by atoms with Gasteiger partial charge in [-0.25, -0.2) is 13.1 Å². The van der Waals surface area contributed by atoms with Crippen LogP contribution in [0.15, 0.2) is 29.2 Å². The van der Waals surface area contributed by atoms with Gasteiger partial charge in [0.25, 0.3) is 0 Å². The normalized spacial score (nSPS) is 30.2. The maximum atomic E-state index is 12.4. The molecule has 6 heteroatoms. The van der Waals surface area contributed by atoms with E-state index in [-0.39, 0.29) is 6.04 Å². The van der Waals surface area contributed by atoms with Gasteiger partial charge in [0.15, 0.2) is 0 Å². The molecule has 2 fully saturated rings. The van der Waals surface area contributed by atoms with Crippen LogP contribution in [0.3, 0.4) is 0 Å². The largest absolute Gasteiger partial charge is 0.399 e. The average molecular weight is 309 g/mol. The van der Waals surface area contributed by atoms with E-state index in [1.165, 1.54) is 19.3 Å². The Bertz CT molecular complexity index is 586. The number of anilines is 1. The molecule has 0 aromatic heterocycles. The van der Waals surface area contributed by atoms with Crippen molar-refractivity contribution in [3.63, 3.8) is 0 Å². The summed E-state index contributed by atoms with van der Waals surface area (Å²) < 4.78 is 27.8. The highest BCUT2D eigenvalue weighted by molar-refractivity contribution is 7.89. The summed E-state index contributed by atoms with van der Waals surface area (Å²) in [7, 11) is -1.28. The summed E-state index contributed by atoms with van der Waals surface area (Å²) in [5, 5.41) is 0. The van der Waals surface area contributed by atoms with Crippen LogP contribution in [0.2, 0.25) is 0 Å². The van der Waals surface area contributed by atoms with Gasteiger partial charge in [0.1, 0.15) is 0 Å². The number of fused-ring (bicyclic) bond motifs is 2. The first-order valence-electron chi connectivity index (χ1n) is 7.55. The van der Waals surface area contributed by atoms with Gasteiger partial charge in [-0.1, -0.05) is 6.42 Å². The zero-order valence-electron chi connectivity index (χ0n) is 12.3. The summed E-state index contributed by atoms with van der Waals surface area (Å²) in [5.41, 5.74) is 6.18. The van der Waals surface area contributed by atoms with Crippen LogP contribution >= 0.6 is 0 Å². The number of piperidine rings is 2. The molecule has 0 radical (unpaired) electrons. The average Bonchev–Trinajstić information content (AvgIpc) is 2.40. The van der Waals surface area contributed by atoms with Gasteiger partial charge in [-0.2, -0.15) is 0 Å². The molecule has 2 bridgehead atoms. The summed E-state index contributed by atoms with van der Waals surface area (Å²) in [6, 6.07) is 7.43. The molecule has 3 rings (SSSR count). The molecule has 0 spiro atoms. The maximum absolute atomic E-state index is 12.4. The third-order valence-electron chi connectivity index (χ3n) is 4.85. The Balaban J connectivity index is 1.73. The number of sulfonamides is 1. The van der Waals surface area contributed by atoms with Crippen LogP contribution in [0.4, 0.5) is 5.69 Å². The number of nitrogens with two attached hydrogens (primary N) is 1. The van der Waals surface area contributed by atoms with E-state index in [1.807, 2.05) is 0 Å². The van der Waals surface area contributed by atoms with Crippen LogP contribution < -0.4 is 10.5 Å². The molecule has 2 heterocycles. The second-order valence-corrected chi connectivity index (χ2v) is 7.98. The Labute approximate surface area is 126 Å². The number of hydrogen-bond acceptors (Lipinski definition) is 4. The van der Waals surface area contributed by atoms with Gasteiger partial charge in [0.2, 0.25) is 10.0 Å². The molecule has 0 aliphatic carbocycles. The topological polar surface area (TPSA) is 75.4 Å². The van der Waals surface area contributed by atoms with Crippen molar-refractivity contribution in [1.82, 2.24) is 9.62 Å². The SMILES string of the molecule is CN1C2CCCC1CC(NS(=O)(=O)c1ccc(N)cc1)C2. The zero-order valence-corrected chi connectivity index (χ0v) is 13.1. The number of nitrogens with one attached hydrogen (secondary N) is 1. The highest BCUT2D eigenvalue weighted by Crippen LogP contribution is 2.33. The van der Waals surface area contributed by atoms with E-state index < -0.39 is 10.0 Å². The van der Waals surface area contributed by atoms with Gasteiger partial charge in [0.05, 0.1) is 4.90 Å². The standard InChI is InChI=1S/C15H23N3O2S/c1-18-13-3-2-4-14(18)10-12(9-13)17-21(19,20)15-7-5-11(16)6-8-15/h5-8,12-14,17H,2-4,9-10,16H2,1H3. The molecule has 5 nitrogen and oxygen atoms in total. The lowest BCUT2D eigenvalue weighted by Gasteiger charge is -2.47. The Morgan fingerprint density at radius 3 is 2.29 bits per heavy atom. The van der Waals surface area contributed by atoms with Crippen molar-refractivity contribution in [2.45, 2.75) is 55.1 Å². The molecule has 116 valence electrons. The number of benzene rings is 1. The molecular formula is C15H23N3O2S. The van der Waals surface area contributed by atoms with Crippen molar-refractivity contribution in [2.24, 2.45) is 0 Å². The van der Waals surface area contributed by atoms with E-state index >= 15 is 0 Å². The van der Waals surface area contributed by atoms with Crippen molar-refractivity contribution >= 4 is 15.7 Å². The van der Waals surface area contributed by atoms with Gasteiger partial charge in [-0.05, 0) is 57.0 Å². The molecule has 0 saturated carbocycles. The molecule has 3 N–H and O–H groups in total. The van der Waals surface area contributed by atoms with Gasteiger partial charge in [-0.15, -0.1) is 0 Å². The van der Waals surface area contributed by atoms with Crippen molar-refractivity contribution in [2.75, 3.05) is 12.8 Å². The smallest absolute Gasteiger partial charge is 0.240 e. The molecule has 2 atom stereocenters. The molecule has 21 heavy (non-hydrogen) atoms. The van der Waals surface area contributed by atoms with Crippen molar-refractivity contribution in [3.8, 4) is 0 Å². The fourth-order valence-electron chi connectivity index (χ4n) is 3.65. The number of rotatable bonds is 3. The highest BCUT2D eigenvalue weighted by Gasteiger charge is 2.37. The fraction of sp³-hybridized carbons (Fsp3) is 0.600. The summed E-state index contributed by atoms with van der Waals surface area (Å²) >= 11 is 0. The first-order valence-corrected chi connectivity index (χ1v) is 9.04. The van der Waals surface area contributed by atoms with E-state index in [0.29, 0.717) is 22.7 Å². The molecule has 2 saturated heterocycles. The maximum Gasteiger partial charge on any atom is 0.240 e. The zero-order chi connectivity index (χ0) is 15.0. The molecule has 2 aliphatic rings. The van der Waals surface area contributed by atoms with E-state index in [0.717, 1.165) is 12.8 Å². The molecule has 2 unspecified atom stereocenters. The summed E-state index contributed by atoms with van der Waals surface area (Å²) in [6.45, 7) is 0. The van der Waals surface area contributed by atoms with Gasteiger partial charge in [-0.3, -0.25) is 0 Å². The Hall–Kier alpha value is -1.11. The second kappa shape index (κ2) is 5.59. The third kappa shape index (κ3) is 3.07.